The zero-order valence-electron chi connectivity index (χ0n) is 9.54. The number of hydrogen-bond donors (Lipinski definition) is 1. The molecule has 0 rings (SSSR count). The predicted octanol–water partition coefficient (Wildman–Crippen LogP) is 1.59. The fraction of sp³-hybridized carbons (Fsp3) is 1.00. The maximum absolute atomic E-state index is 11.2. The van der Waals surface area contributed by atoms with Crippen LogP contribution in [0.5, 0.6) is 0 Å². The third-order valence-corrected chi connectivity index (χ3v) is 4.39. The highest BCUT2D eigenvalue weighted by Crippen LogP contribution is 2.05. The Morgan fingerprint density at radius 2 is 1.86 bits per heavy atom. The van der Waals surface area contributed by atoms with Crippen LogP contribution in [0.3, 0.4) is 0 Å². The van der Waals surface area contributed by atoms with Crippen molar-refractivity contribution in [3.05, 3.63) is 0 Å². The number of sulfone groups is 1. The molecule has 0 saturated carbocycles. The van der Waals surface area contributed by atoms with E-state index in [1.54, 1.807) is 6.92 Å². The topological polar surface area (TPSA) is 46.2 Å². The van der Waals surface area contributed by atoms with E-state index in [-0.39, 0.29) is 5.75 Å². The van der Waals surface area contributed by atoms with Crippen molar-refractivity contribution < 1.29 is 8.42 Å². The Labute approximate surface area is 88.2 Å². The van der Waals surface area contributed by atoms with Gasteiger partial charge in [-0.15, -0.1) is 0 Å². The zero-order valence-corrected chi connectivity index (χ0v) is 10.4. The summed E-state index contributed by atoms with van der Waals surface area (Å²) >= 11 is 0. The van der Waals surface area contributed by atoms with E-state index < -0.39 is 9.84 Å². The standard InChI is InChI=1S/C10H23NO2S/c1-4-10(11-3)8-6-7-9-14(12,13)5-2/h10-11H,4-9H2,1-3H3. The van der Waals surface area contributed by atoms with Crippen LogP contribution in [0.1, 0.15) is 39.5 Å². The second kappa shape index (κ2) is 7.23. The number of rotatable bonds is 8. The molecule has 1 unspecified atom stereocenters. The van der Waals surface area contributed by atoms with Gasteiger partial charge in [0.05, 0.1) is 5.75 Å². The summed E-state index contributed by atoms with van der Waals surface area (Å²) in [4.78, 5) is 0. The number of nitrogens with one attached hydrogen (secondary N) is 1. The van der Waals surface area contributed by atoms with Crippen molar-refractivity contribution in [3.63, 3.8) is 0 Å². The molecule has 0 heterocycles. The lowest BCUT2D eigenvalue weighted by molar-refractivity contribution is 0.487. The van der Waals surface area contributed by atoms with Gasteiger partial charge in [0.15, 0.2) is 0 Å². The van der Waals surface area contributed by atoms with E-state index in [9.17, 15) is 8.42 Å². The molecular formula is C10H23NO2S. The van der Waals surface area contributed by atoms with E-state index in [0.717, 1.165) is 25.7 Å². The molecular weight excluding hydrogens is 198 g/mol. The van der Waals surface area contributed by atoms with E-state index in [2.05, 4.69) is 12.2 Å². The van der Waals surface area contributed by atoms with Crippen molar-refractivity contribution >= 4 is 9.84 Å². The van der Waals surface area contributed by atoms with Crippen LogP contribution in [-0.2, 0) is 9.84 Å². The van der Waals surface area contributed by atoms with Crippen molar-refractivity contribution in [1.82, 2.24) is 5.32 Å². The number of hydrogen-bond acceptors (Lipinski definition) is 3. The fourth-order valence-electron chi connectivity index (χ4n) is 1.41. The average molecular weight is 221 g/mol. The molecule has 4 heteroatoms. The van der Waals surface area contributed by atoms with Crippen molar-refractivity contribution in [2.24, 2.45) is 0 Å². The molecule has 86 valence electrons. The third-order valence-electron chi connectivity index (χ3n) is 2.60. The molecule has 0 aliphatic carbocycles. The van der Waals surface area contributed by atoms with Crippen molar-refractivity contribution in [2.75, 3.05) is 18.6 Å². The Bertz CT molecular complexity index is 220. The molecule has 1 atom stereocenters. The summed E-state index contributed by atoms with van der Waals surface area (Å²) in [5, 5.41) is 3.21. The quantitative estimate of drug-likeness (QED) is 0.633. The van der Waals surface area contributed by atoms with Gasteiger partial charge in [0.25, 0.3) is 0 Å². The lowest BCUT2D eigenvalue weighted by Crippen LogP contribution is -2.24. The van der Waals surface area contributed by atoms with Gasteiger partial charge in [-0.25, -0.2) is 8.42 Å². The van der Waals surface area contributed by atoms with Crippen LogP contribution < -0.4 is 5.32 Å². The first-order valence-electron chi connectivity index (χ1n) is 5.43. The highest BCUT2D eigenvalue weighted by molar-refractivity contribution is 7.91. The van der Waals surface area contributed by atoms with Crippen LogP contribution in [0.2, 0.25) is 0 Å². The first-order valence-corrected chi connectivity index (χ1v) is 7.25. The molecule has 0 radical (unpaired) electrons. The number of unbranched alkanes of at least 4 members (excludes halogenated alkanes) is 1. The van der Waals surface area contributed by atoms with Crippen LogP contribution in [0.4, 0.5) is 0 Å². The lowest BCUT2D eigenvalue weighted by Gasteiger charge is -2.12. The Hall–Kier alpha value is -0.0900. The van der Waals surface area contributed by atoms with E-state index >= 15 is 0 Å². The van der Waals surface area contributed by atoms with Gasteiger partial charge < -0.3 is 5.32 Å². The van der Waals surface area contributed by atoms with Crippen molar-refractivity contribution in [1.29, 1.82) is 0 Å². The normalized spacial score (nSPS) is 14.2. The van der Waals surface area contributed by atoms with Gasteiger partial charge in [0.1, 0.15) is 9.84 Å². The Balaban J connectivity index is 3.56. The van der Waals surface area contributed by atoms with E-state index in [1.165, 1.54) is 0 Å². The van der Waals surface area contributed by atoms with Gasteiger partial charge >= 0.3 is 0 Å². The molecule has 3 nitrogen and oxygen atoms in total. The molecule has 0 aliphatic heterocycles. The predicted molar refractivity (Wildman–Crippen MR) is 61.3 cm³/mol. The molecule has 0 bridgehead atoms. The SMILES string of the molecule is CCC(CCCCS(=O)(=O)CC)NC. The molecule has 0 aromatic carbocycles. The fourth-order valence-corrected chi connectivity index (χ4v) is 2.34. The van der Waals surface area contributed by atoms with Gasteiger partial charge in [-0.2, -0.15) is 0 Å². The first kappa shape index (κ1) is 13.9. The summed E-state index contributed by atoms with van der Waals surface area (Å²) in [5.41, 5.74) is 0. The maximum atomic E-state index is 11.2. The summed E-state index contributed by atoms with van der Waals surface area (Å²) < 4.78 is 22.3. The van der Waals surface area contributed by atoms with Crippen LogP contribution in [0, 0.1) is 0 Å². The zero-order chi connectivity index (χ0) is 11.0. The van der Waals surface area contributed by atoms with E-state index in [0.29, 0.717) is 11.8 Å². The van der Waals surface area contributed by atoms with Gasteiger partial charge in [0, 0.05) is 11.8 Å². The Kier molecular flexibility index (Phi) is 7.19. The van der Waals surface area contributed by atoms with Crippen molar-refractivity contribution in [3.8, 4) is 0 Å². The Morgan fingerprint density at radius 1 is 1.21 bits per heavy atom. The second-order valence-corrected chi connectivity index (χ2v) is 6.10. The molecule has 14 heavy (non-hydrogen) atoms. The minimum Gasteiger partial charge on any atom is -0.317 e. The molecule has 0 saturated heterocycles. The summed E-state index contributed by atoms with van der Waals surface area (Å²) in [6, 6.07) is 0.541. The van der Waals surface area contributed by atoms with Gasteiger partial charge in [0.2, 0.25) is 0 Å². The summed E-state index contributed by atoms with van der Waals surface area (Å²) in [5.74, 6) is 0.625. The summed E-state index contributed by atoms with van der Waals surface area (Å²) in [6.07, 6.45) is 3.98. The molecule has 1 N–H and O–H groups in total. The largest absolute Gasteiger partial charge is 0.317 e. The minimum absolute atomic E-state index is 0.274. The molecule has 0 fully saturated rings. The Morgan fingerprint density at radius 3 is 2.29 bits per heavy atom. The van der Waals surface area contributed by atoms with Crippen LogP contribution >= 0.6 is 0 Å². The first-order chi connectivity index (χ1) is 6.55. The van der Waals surface area contributed by atoms with Gasteiger partial charge in [-0.05, 0) is 26.3 Å². The second-order valence-electron chi connectivity index (χ2n) is 3.63. The minimum atomic E-state index is -2.75. The smallest absolute Gasteiger partial charge is 0.150 e. The molecule has 0 aliphatic rings. The van der Waals surface area contributed by atoms with E-state index in [1.807, 2.05) is 7.05 Å². The lowest BCUT2D eigenvalue weighted by atomic mass is 10.1. The molecule has 0 aromatic heterocycles. The molecule has 0 aromatic rings. The maximum Gasteiger partial charge on any atom is 0.150 e. The van der Waals surface area contributed by atoms with Gasteiger partial charge in [-0.3, -0.25) is 0 Å². The van der Waals surface area contributed by atoms with Crippen LogP contribution in [0.25, 0.3) is 0 Å². The summed E-state index contributed by atoms with van der Waals surface area (Å²) in [6.45, 7) is 3.85. The van der Waals surface area contributed by atoms with Crippen LogP contribution in [0.15, 0.2) is 0 Å². The summed E-state index contributed by atoms with van der Waals surface area (Å²) in [7, 11) is -0.796. The monoisotopic (exact) mass is 221 g/mol. The van der Waals surface area contributed by atoms with Crippen molar-refractivity contribution in [2.45, 2.75) is 45.6 Å². The highest BCUT2D eigenvalue weighted by Gasteiger charge is 2.07. The third kappa shape index (κ3) is 6.38. The molecule has 0 spiro atoms. The molecule has 0 amide bonds. The van der Waals surface area contributed by atoms with E-state index in [4.69, 9.17) is 0 Å². The van der Waals surface area contributed by atoms with Crippen LogP contribution in [-0.4, -0.2) is 33.0 Å². The van der Waals surface area contributed by atoms with Gasteiger partial charge in [-0.1, -0.05) is 20.3 Å². The average Bonchev–Trinajstić information content (AvgIpc) is 2.18. The highest BCUT2D eigenvalue weighted by atomic mass is 32.2.